The fourth-order valence-electron chi connectivity index (χ4n) is 2.86. The Bertz CT molecular complexity index is 611. The van der Waals surface area contributed by atoms with E-state index in [1.807, 2.05) is 25.1 Å². The molecule has 1 aliphatic rings. The molecule has 2 rings (SSSR count). The Labute approximate surface area is 150 Å². The van der Waals surface area contributed by atoms with Crippen LogP contribution in [0.25, 0.3) is 6.08 Å². The zero-order chi connectivity index (χ0) is 17.9. The van der Waals surface area contributed by atoms with E-state index in [1.165, 1.54) is 24.9 Å². The average Bonchev–Trinajstić information content (AvgIpc) is 2.67. The summed E-state index contributed by atoms with van der Waals surface area (Å²) < 4.78 is 5.22. The van der Waals surface area contributed by atoms with Gasteiger partial charge in [-0.3, -0.25) is 4.79 Å². The minimum Gasteiger partial charge on any atom is -0.382 e. The van der Waals surface area contributed by atoms with Gasteiger partial charge in [-0.15, -0.1) is 0 Å². The molecule has 1 amide bonds. The van der Waals surface area contributed by atoms with Crippen molar-refractivity contribution in [2.24, 2.45) is 0 Å². The van der Waals surface area contributed by atoms with Crippen molar-refractivity contribution in [1.82, 2.24) is 5.32 Å². The largest absolute Gasteiger partial charge is 0.382 e. The van der Waals surface area contributed by atoms with Crippen LogP contribution in [-0.2, 0) is 9.53 Å². The number of nitrogens with one attached hydrogen (secondary N) is 1. The van der Waals surface area contributed by atoms with Gasteiger partial charge in [0.2, 0.25) is 0 Å². The molecule has 1 N–H and O–H groups in total. The van der Waals surface area contributed by atoms with E-state index in [4.69, 9.17) is 4.74 Å². The SMILES string of the molecule is CCOCCCNC(=O)C(C#N)=Cc1ccc(N2CCCCC2)cc1. The first kappa shape index (κ1) is 19.0. The fraction of sp³-hybridized carbons (Fsp3) is 0.500. The molecular formula is C20H27N3O2. The molecule has 0 unspecified atom stereocenters. The number of nitriles is 1. The van der Waals surface area contributed by atoms with Crippen molar-refractivity contribution in [3.05, 3.63) is 35.4 Å². The molecule has 1 aromatic rings. The van der Waals surface area contributed by atoms with Gasteiger partial charge in [-0.2, -0.15) is 5.26 Å². The topological polar surface area (TPSA) is 65.4 Å². The molecule has 5 heteroatoms. The molecule has 0 atom stereocenters. The van der Waals surface area contributed by atoms with E-state index >= 15 is 0 Å². The number of carbonyl (C=O) groups is 1. The molecule has 1 heterocycles. The van der Waals surface area contributed by atoms with Gasteiger partial charge < -0.3 is 15.0 Å². The maximum absolute atomic E-state index is 12.1. The van der Waals surface area contributed by atoms with Gasteiger partial charge in [0.1, 0.15) is 11.6 Å². The van der Waals surface area contributed by atoms with Crippen molar-refractivity contribution in [1.29, 1.82) is 5.26 Å². The van der Waals surface area contributed by atoms with Gasteiger partial charge in [-0.1, -0.05) is 12.1 Å². The number of carbonyl (C=O) groups excluding carboxylic acids is 1. The van der Waals surface area contributed by atoms with Crippen molar-refractivity contribution in [2.75, 3.05) is 37.7 Å². The number of benzene rings is 1. The summed E-state index contributed by atoms with van der Waals surface area (Å²) in [5.74, 6) is -0.334. The number of amides is 1. The number of anilines is 1. The van der Waals surface area contributed by atoms with E-state index in [-0.39, 0.29) is 11.5 Å². The average molecular weight is 341 g/mol. The summed E-state index contributed by atoms with van der Waals surface area (Å²) in [6.45, 7) is 5.92. The summed E-state index contributed by atoms with van der Waals surface area (Å²) in [7, 11) is 0. The lowest BCUT2D eigenvalue weighted by molar-refractivity contribution is -0.117. The highest BCUT2D eigenvalue weighted by molar-refractivity contribution is 6.01. The Hall–Kier alpha value is -2.32. The summed E-state index contributed by atoms with van der Waals surface area (Å²) in [6, 6.07) is 10.0. The fourth-order valence-corrected chi connectivity index (χ4v) is 2.86. The molecule has 1 aromatic carbocycles. The summed E-state index contributed by atoms with van der Waals surface area (Å²) in [4.78, 5) is 14.5. The maximum Gasteiger partial charge on any atom is 0.261 e. The first-order chi connectivity index (χ1) is 12.2. The zero-order valence-electron chi connectivity index (χ0n) is 15.0. The number of piperidine rings is 1. The van der Waals surface area contributed by atoms with Crippen LogP contribution in [-0.4, -0.2) is 38.8 Å². The third kappa shape index (κ3) is 6.24. The second-order valence-electron chi connectivity index (χ2n) is 6.12. The van der Waals surface area contributed by atoms with Crippen molar-refractivity contribution in [3.63, 3.8) is 0 Å². The predicted octanol–water partition coefficient (Wildman–Crippen LogP) is 3.13. The first-order valence-corrected chi connectivity index (χ1v) is 9.07. The molecule has 25 heavy (non-hydrogen) atoms. The summed E-state index contributed by atoms with van der Waals surface area (Å²) in [6.07, 6.45) is 6.16. The van der Waals surface area contributed by atoms with Crippen LogP contribution in [0.3, 0.4) is 0 Å². The van der Waals surface area contributed by atoms with Crippen LogP contribution in [0, 0.1) is 11.3 Å². The Morgan fingerprint density at radius 1 is 1.28 bits per heavy atom. The quantitative estimate of drug-likeness (QED) is 0.448. The predicted molar refractivity (Wildman–Crippen MR) is 100 cm³/mol. The summed E-state index contributed by atoms with van der Waals surface area (Å²) >= 11 is 0. The van der Waals surface area contributed by atoms with Gasteiger partial charge >= 0.3 is 0 Å². The van der Waals surface area contributed by atoms with Crippen LogP contribution < -0.4 is 10.2 Å². The van der Waals surface area contributed by atoms with Crippen molar-refractivity contribution in [3.8, 4) is 6.07 Å². The molecule has 5 nitrogen and oxygen atoms in total. The van der Waals surface area contributed by atoms with Gasteiger partial charge in [0.15, 0.2) is 0 Å². The third-order valence-corrected chi connectivity index (χ3v) is 4.25. The molecule has 0 radical (unpaired) electrons. The van der Waals surface area contributed by atoms with Gasteiger partial charge in [0.25, 0.3) is 5.91 Å². The van der Waals surface area contributed by atoms with Gasteiger partial charge in [-0.05, 0) is 56.4 Å². The van der Waals surface area contributed by atoms with Crippen LogP contribution in [0.15, 0.2) is 29.8 Å². The van der Waals surface area contributed by atoms with Gasteiger partial charge in [0, 0.05) is 38.5 Å². The second kappa shape index (κ2) is 10.5. The second-order valence-corrected chi connectivity index (χ2v) is 6.12. The van der Waals surface area contributed by atoms with Gasteiger partial charge in [0.05, 0.1) is 0 Å². The van der Waals surface area contributed by atoms with Crippen molar-refractivity contribution >= 4 is 17.7 Å². The van der Waals surface area contributed by atoms with Crippen LogP contribution in [0.1, 0.15) is 38.2 Å². The number of nitrogens with zero attached hydrogens (tertiary/aromatic N) is 2. The third-order valence-electron chi connectivity index (χ3n) is 4.25. The van der Waals surface area contributed by atoms with E-state index in [9.17, 15) is 10.1 Å². The normalized spacial score (nSPS) is 14.9. The van der Waals surface area contributed by atoms with Crippen molar-refractivity contribution < 1.29 is 9.53 Å². The minimum atomic E-state index is -0.334. The maximum atomic E-state index is 12.1. The van der Waals surface area contributed by atoms with E-state index in [2.05, 4.69) is 22.3 Å². The Balaban J connectivity index is 1.91. The highest BCUT2D eigenvalue weighted by Gasteiger charge is 2.11. The minimum absolute atomic E-state index is 0.127. The lowest BCUT2D eigenvalue weighted by Crippen LogP contribution is -2.29. The zero-order valence-corrected chi connectivity index (χ0v) is 15.0. The highest BCUT2D eigenvalue weighted by Crippen LogP contribution is 2.21. The van der Waals surface area contributed by atoms with E-state index in [1.54, 1.807) is 6.08 Å². The van der Waals surface area contributed by atoms with Crippen LogP contribution in [0.4, 0.5) is 5.69 Å². The highest BCUT2D eigenvalue weighted by atomic mass is 16.5. The summed E-state index contributed by atoms with van der Waals surface area (Å²) in [5, 5.41) is 12.0. The smallest absolute Gasteiger partial charge is 0.261 e. The molecular weight excluding hydrogens is 314 g/mol. The van der Waals surface area contributed by atoms with Crippen LogP contribution in [0.2, 0.25) is 0 Å². The summed E-state index contributed by atoms with van der Waals surface area (Å²) in [5.41, 5.74) is 2.19. The molecule has 0 aromatic heterocycles. The molecule has 0 bridgehead atoms. The van der Waals surface area contributed by atoms with E-state index in [0.717, 1.165) is 25.1 Å². The van der Waals surface area contributed by atoms with Crippen molar-refractivity contribution in [2.45, 2.75) is 32.6 Å². The Kier molecular flexibility index (Phi) is 8.00. The van der Waals surface area contributed by atoms with E-state index in [0.29, 0.717) is 19.8 Å². The molecule has 0 spiro atoms. The molecule has 0 aliphatic carbocycles. The molecule has 0 saturated carbocycles. The number of ether oxygens (including phenoxy) is 1. The standard InChI is InChI=1S/C20H27N3O2/c1-2-25-14-6-11-22-20(24)18(16-21)15-17-7-9-19(10-8-17)23-12-4-3-5-13-23/h7-10,15H,2-6,11-14H2,1H3,(H,22,24). The monoisotopic (exact) mass is 341 g/mol. The van der Waals surface area contributed by atoms with Gasteiger partial charge in [-0.25, -0.2) is 0 Å². The van der Waals surface area contributed by atoms with Crippen LogP contribution in [0.5, 0.6) is 0 Å². The number of rotatable bonds is 8. The Morgan fingerprint density at radius 3 is 2.64 bits per heavy atom. The van der Waals surface area contributed by atoms with E-state index < -0.39 is 0 Å². The lowest BCUT2D eigenvalue weighted by atomic mass is 10.1. The lowest BCUT2D eigenvalue weighted by Gasteiger charge is -2.28. The molecule has 1 fully saturated rings. The molecule has 134 valence electrons. The Morgan fingerprint density at radius 2 is 2.00 bits per heavy atom. The number of hydrogen-bond donors (Lipinski definition) is 1. The van der Waals surface area contributed by atoms with Crippen LogP contribution >= 0.6 is 0 Å². The molecule has 1 saturated heterocycles. The molecule has 1 aliphatic heterocycles. The first-order valence-electron chi connectivity index (χ1n) is 9.07. The number of hydrogen-bond acceptors (Lipinski definition) is 4.